The summed E-state index contributed by atoms with van der Waals surface area (Å²) in [6.45, 7) is 9.02. The van der Waals surface area contributed by atoms with Gasteiger partial charge in [-0.25, -0.2) is 4.98 Å². The molecule has 1 aromatic heterocycles. The van der Waals surface area contributed by atoms with Crippen LogP contribution in [0, 0.1) is 0 Å². The Labute approximate surface area is 169 Å². The number of ether oxygens (including phenoxy) is 1. The predicted molar refractivity (Wildman–Crippen MR) is 107 cm³/mol. The SMILES string of the molecule is CCC[C@H](c1nc2ccc(OC(F)(F)F)cc2c(=O)n1CC)N1CCN[C@@H](C)C1.[HH]. The van der Waals surface area contributed by atoms with Crippen LogP contribution in [0.3, 0.4) is 0 Å². The number of hydrogen-bond donors (Lipinski definition) is 1. The first-order chi connectivity index (χ1) is 13.7. The summed E-state index contributed by atoms with van der Waals surface area (Å²) in [6, 6.07) is 4.06. The number of rotatable bonds is 6. The fourth-order valence-corrected chi connectivity index (χ4v) is 3.97. The van der Waals surface area contributed by atoms with E-state index in [1.165, 1.54) is 12.1 Å². The number of nitrogens with one attached hydrogen (secondary N) is 1. The maximum atomic E-state index is 13.1. The summed E-state index contributed by atoms with van der Waals surface area (Å²) in [5, 5.41) is 3.54. The molecule has 29 heavy (non-hydrogen) atoms. The Kier molecular flexibility index (Phi) is 6.48. The van der Waals surface area contributed by atoms with Crippen LogP contribution in [-0.2, 0) is 6.54 Å². The molecule has 0 amide bonds. The maximum absolute atomic E-state index is 13.1. The number of benzene rings is 1. The fourth-order valence-electron chi connectivity index (χ4n) is 3.97. The second-order valence-electron chi connectivity index (χ2n) is 7.40. The normalized spacial score (nSPS) is 19.4. The molecule has 1 aliphatic heterocycles. The summed E-state index contributed by atoms with van der Waals surface area (Å²) >= 11 is 0. The third kappa shape index (κ3) is 4.90. The third-order valence-electron chi connectivity index (χ3n) is 5.21. The van der Waals surface area contributed by atoms with Gasteiger partial charge in [-0.1, -0.05) is 13.3 Å². The van der Waals surface area contributed by atoms with Gasteiger partial charge in [0, 0.05) is 33.6 Å². The van der Waals surface area contributed by atoms with Crippen molar-refractivity contribution < 1.29 is 19.3 Å². The molecule has 0 radical (unpaired) electrons. The van der Waals surface area contributed by atoms with Gasteiger partial charge in [-0.3, -0.25) is 14.3 Å². The standard InChI is InChI=1S/C20H27F3N4O2.H2/c1-4-6-17(26-10-9-24-13(3)12-26)18-25-16-8-7-14(29-20(21,22)23)11-15(16)19(28)27(18)5-2;/h7-8,11,13,17,24H,4-6,9-10,12H2,1-3H3;1H/t13-,17+;/m0./s1. The molecule has 0 spiro atoms. The zero-order valence-corrected chi connectivity index (χ0v) is 16.9. The Bertz CT molecular complexity index is 919. The number of hydrogen-bond acceptors (Lipinski definition) is 5. The topological polar surface area (TPSA) is 59.4 Å². The molecule has 6 nitrogen and oxygen atoms in total. The van der Waals surface area contributed by atoms with Crippen LogP contribution in [0.25, 0.3) is 10.9 Å². The first-order valence-corrected chi connectivity index (χ1v) is 10.0. The molecule has 1 saturated heterocycles. The van der Waals surface area contributed by atoms with Gasteiger partial charge in [-0.2, -0.15) is 0 Å². The Morgan fingerprint density at radius 1 is 1.38 bits per heavy atom. The quantitative estimate of drug-likeness (QED) is 0.781. The summed E-state index contributed by atoms with van der Waals surface area (Å²) in [6.07, 6.45) is -3.03. The molecule has 2 aromatic rings. The highest BCUT2D eigenvalue weighted by molar-refractivity contribution is 5.79. The van der Waals surface area contributed by atoms with Crippen LogP contribution in [0.15, 0.2) is 23.0 Å². The van der Waals surface area contributed by atoms with E-state index in [2.05, 4.69) is 28.8 Å². The van der Waals surface area contributed by atoms with Crippen molar-refractivity contribution in [2.45, 2.75) is 58.6 Å². The van der Waals surface area contributed by atoms with Gasteiger partial charge in [-0.05, 0) is 38.5 Å². The number of piperazine rings is 1. The van der Waals surface area contributed by atoms with Crippen LogP contribution in [0.5, 0.6) is 5.75 Å². The molecule has 2 atom stereocenters. The van der Waals surface area contributed by atoms with Crippen LogP contribution >= 0.6 is 0 Å². The van der Waals surface area contributed by atoms with Crippen LogP contribution in [0.4, 0.5) is 13.2 Å². The Hall–Kier alpha value is -2.13. The minimum Gasteiger partial charge on any atom is -0.406 e. The van der Waals surface area contributed by atoms with E-state index >= 15 is 0 Å². The lowest BCUT2D eigenvalue weighted by atomic mass is 10.1. The molecule has 0 bridgehead atoms. The number of fused-ring (bicyclic) bond motifs is 1. The molecule has 1 N–H and O–H groups in total. The largest absolute Gasteiger partial charge is 0.573 e. The van der Waals surface area contributed by atoms with Crippen LogP contribution in [-0.4, -0.2) is 46.5 Å². The smallest absolute Gasteiger partial charge is 0.406 e. The summed E-state index contributed by atoms with van der Waals surface area (Å²) in [5.41, 5.74) is 0.0397. The third-order valence-corrected chi connectivity index (χ3v) is 5.21. The molecule has 0 saturated carbocycles. The Balaban J connectivity index is 0.00000320. The molecule has 2 heterocycles. The number of aromatic nitrogens is 2. The molecule has 9 heteroatoms. The van der Waals surface area contributed by atoms with Gasteiger partial charge >= 0.3 is 6.36 Å². The molecular formula is C20H29F3N4O2. The van der Waals surface area contributed by atoms with Crippen molar-refractivity contribution in [3.63, 3.8) is 0 Å². The van der Waals surface area contributed by atoms with E-state index in [0.717, 1.165) is 38.5 Å². The molecule has 1 aromatic carbocycles. The van der Waals surface area contributed by atoms with Crippen molar-refractivity contribution >= 4 is 10.9 Å². The average molecular weight is 414 g/mol. The van der Waals surface area contributed by atoms with E-state index in [1.54, 1.807) is 4.57 Å². The van der Waals surface area contributed by atoms with Gasteiger partial charge in [0.15, 0.2) is 0 Å². The van der Waals surface area contributed by atoms with E-state index in [0.29, 0.717) is 23.9 Å². The lowest BCUT2D eigenvalue weighted by Gasteiger charge is -2.38. The summed E-state index contributed by atoms with van der Waals surface area (Å²) in [7, 11) is 0. The van der Waals surface area contributed by atoms with Crippen molar-refractivity contribution in [3.05, 3.63) is 34.4 Å². The van der Waals surface area contributed by atoms with Crippen LogP contribution in [0.1, 0.15) is 46.9 Å². The first kappa shape index (κ1) is 21.6. The van der Waals surface area contributed by atoms with Crippen molar-refractivity contribution in [1.82, 2.24) is 19.8 Å². The lowest BCUT2D eigenvalue weighted by molar-refractivity contribution is -0.274. The minimum absolute atomic E-state index is 0. The average Bonchev–Trinajstić information content (AvgIpc) is 2.65. The number of nitrogens with zero attached hydrogens (tertiary/aromatic N) is 3. The molecule has 0 unspecified atom stereocenters. The van der Waals surface area contributed by atoms with Gasteiger partial charge in [0.1, 0.15) is 11.6 Å². The van der Waals surface area contributed by atoms with Gasteiger partial charge in [0.05, 0.1) is 16.9 Å². The number of halogens is 3. The van der Waals surface area contributed by atoms with E-state index in [4.69, 9.17) is 4.98 Å². The zero-order valence-electron chi connectivity index (χ0n) is 16.9. The van der Waals surface area contributed by atoms with Gasteiger partial charge in [0.25, 0.3) is 5.56 Å². The Morgan fingerprint density at radius 3 is 2.76 bits per heavy atom. The molecule has 1 fully saturated rings. The predicted octanol–water partition coefficient (Wildman–Crippen LogP) is 3.70. The second kappa shape index (κ2) is 8.71. The lowest BCUT2D eigenvalue weighted by Crippen LogP contribution is -2.51. The van der Waals surface area contributed by atoms with E-state index in [1.807, 2.05) is 6.92 Å². The molecule has 0 aliphatic carbocycles. The summed E-state index contributed by atoms with van der Waals surface area (Å²) < 4.78 is 43.2. The minimum atomic E-state index is -4.81. The highest BCUT2D eigenvalue weighted by Crippen LogP contribution is 2.28. The molecular weight excluding hydrogens is 385 g/mol. The zero-order chi connectivity index (χ0) is 21.2. The Morgan fingerprint density at radius 2 is 2.14 bits per heavy atom. The van der Waals surface area contributed by atoms with Crippen molar-refractivity contribution in [2.24, 2.45) is 0 Å². The highest BCUT2D eigenvalue weighted by atomic mass is 19.4. The van der Waals surface area contributed by atoms with Gasteiger partial charge in [0.2, 0.25) is 0 Å². The van der Waals surface area contributed by atoms with Gasteiger partial charge in [-0.15, -0.1) is 13.2 Å². The molecule has 3 rings (SSSR count). The highest BCUT2D eigenvalue weighted by Gasteiger charge is 2.32. The van der Waals surface area contributed by atoms with Crippen molar-refractivity contribution in [3.8, 4) is 5.75 Å². The van der Waals surface area contributed by atoms with Crippen LogP contribution < -0.4 is 15.6 Å². The molecule has 162 valence electrons. The van der Waals surface area contributed by atoms with Crippen molar-refractivity contribution in [1.29, 1.82) is 0 Å². The van der Waals surface area contributed by atoms with E-state index in [-0.39, 0.29) is 18.4 Å². The van der Waals surface area contributed by atoms with E-state index in [9.17, 15) is 18.0 Å². The maximum Gasteiger partial charge on any atom is 0.573 e. The molecule has 1 aliphatic rings. The van der Waals surface area contributed by atoms with Crippen LogP contribution in [0.2, 0.25) is 0 Å². The summed E-state index contributed by atoms with van der Waals surface area (Å²) in [4.78, 5) is 20.2. The monoisotopic (exact) mass is 414 g/mol. The summed E-state index contributed by atoms with van der Waals surface area (Å²) in [5.74, 6) is 0.255. The first-order valence-electron chi connectivity index (χ1n) is 10.0. The second-order valence-corrected chi connectivity index (χ2v) is 7.40. The van der Waals surface area contributed by atoms with Gasteiger partial charge < -0.3 is 10.1 Å². The van der Waals surface area contributed by atoms with E-state index < -0.39 is 12.1 Å². The number of alkyl halides is 3. The van der Waals surface area contributed by atoms with Crippen molar-refractivity contribution in [2.75, 3.05) is 19.6 Å². The fraction of sp³-hybridized carbons (Fsp3) is 0.600.